The first-order chi connectivity index (χ1) is 12.9. The molecule has 2 aromatic heterocycles. The van der Waals surface area contributed by atoms with Crippen LogP contribution in [0, 0.1) is 0 Å². The van der Waals surface area contributed by atoms with E-state index in [0.717, 1.165) is 10.9 Å². The van der Waals surface area contributed by atoms with Crippen LogP contribution >= 0.6 is 31.6 Å². The summed E-state index contributed by atoms with van der Waals surface area (Å²) in [5.41, 5.74) is -0.669. The summed E-state index contributed by atoms with van der Waals surface area (Å²) in [6.07, 6.45) is -5.03. The minimum atomic E-state index is -5.63. The first-order valence-electron chi connectivity index (χ1n) is 7.23. The van der Waals surface area contributed by atoms with Gasteiger partial charge in [-0.25, -0.2) is 14.3 Å². The number of phosphoric acid groups is 2. The number of phosphoric ester groups is 1. The number of nitrogens with zero attached hydrogens (tertiary/aromatic N) is 3. The van der Waals surface area contributed by atoms with E-state index in [-0.39, 0.29) is 75.0 Å². The minimum Gasteiger partial charge on any atom is -0.756 e. The monoisotopic (exact) mass is 550 g/mol. The van der Waals surface area contributed by atoms with E-state index < -0.39 is 52.4 Å². The normalized spacial score (nSPS) is 27.7. The second kappa shape index (κ2) is 10.9. The van der Waals surface area contributed by atoms with Gasteiger partial charge in [0.05, 0.1) is 12.9 Å². The van der Waals surface area contributed by atoms with Gasteiger partial charge in [0.2, 0.25) is 0 Å². The van der Waals surface area contributed by atoms with Crippen LogP contribution in [0.25, 0.3) is 11.2 Å². The van der Waals surface area contributed by atoms with Gasteiger partial charge in [0.1, 0.15) is 18.3 Å². The van der Waals surface area contributed by atoms with Crippen molar-refractivity contribution in [1.82, 2.24) is 19.5 Å². The number of nitrogens with one attached hydrogen (secondary N) is 1. The molecule has 3 heterocycles. The Kier molecular flexibility index (Phi) is 10.6. The van der Waals surface area contributed by atoms with Gasteiger partial charge >= 0.3 is 59.1 Å². The Morgan fingerprint density at radius 3 is 2.53 bits per heavy atom. The van der Waals surface area contributed by atoms with Crippen molar-refractivity contribution in [2.24, 2.45) is 0 Å². The predicted molar refractivity (Wildman–Crippen MR) is 86.2 cm³/mol. The van der Waals surface area contributed by atoms with Crippen LogP contribution in [0.2, 0.25) is 0 Å². The summed E-state index contributed by atoms with van der Waals surface area (Å²) in [6, 6.07) is 0. The van der Waals surface area contributed by atoms with Gasteiger partial charge in [-0.15, -0.1) is 0 Å². The maximum Gasteiger partial charge on any atom is 1.00 e. The molecule has 0 bridgehead atoms. The van der Waals surface area contributed by atoms with E-state index in [1.165, 1.54) is 0 Å². The number of imidazole rings is 1. The van der Waals surface area contributed by atoms with Gasteiger partial charge in [0.15, 0.2) is 22.1 Å². The maximum absolute atomic E-state index is 11.8. The Morgan fingerprint density at radius 1 is 1.30 bits per heavy atom. The summed E-state index contributed by atoms with van der Waals surface area (Å²) in [6.45, 7) is -0.951. The van der Waals surface area contributed by atoms with Crippen LogP contribution in [0.15, 0.2) is 15.9 Å². The molecule has 1 aliphatic heterocycles. The molecule has 0 radical (unpaired) electrons. The third kappa shape index (κ3) is 6.52. The number of ether oxygens (including phenoxy) is 1. The number of aliphatic hydroxyl groups excluding tert-OH is 2. The van der Waals surface area contributed by atoms with Crippen molar-refractivity contribution in [3.05, 3.63) is 21.4 Å². The largest absolute Gasteiger partial charge is 1.00 e. The van der Waals surface area contributed by atoms with Crippen molar-refractivity contribution < 1.29 is 107 Å². The van der Waals surface area contributed by atoms with Crippen LogP contribution in [0.5, 0.6) is 0 Å². The van der Waals surface area contributed by atoms with E-state index in [2.05, 4.69) is 39.7 Å². The number of aromatic amines is 1. The summed E-state index contributed by atoms with van der Waals surface area (Å²) in [4.78, 5) is 52.2. The summed E-state index contributed by atoms with van der Waals surface area (Å²) < 4.78 is 36.0. The van der Waals surface area contributed by atoms with Crippen LogP contribution in [0.3, 0.4) is 0 Å². The number of fused-ring (bicyclic) bond motifs is 1. The molecule has 1 aliphatic rings. The molecular weight excluding hydrogens is 540 g/mol. The summed E-state index contributed by atoms with van der Waals surface area (Å²) in [7, 11) is -11.1. The zero-order chi connectivity index (χ0) is 20.9. The molecule has 1 fully saturated rings. The fourth-order valence-corrected chi connectivity index (χ4v) is 4.59. The maximum atomic E-state index is 11.8. The molecule has 2 aromatic rings. The number of rotatable bonds is 6. The van der Waals surface area contributed by atoms with Crippen LogP contribution in [-0.4, -0.2) is 59.5 Å². The van der Waals surface area contributed by atoms with Crippen LogP contribution in [-0.2, 0) is 22.7 Å². The number of aromatic nitrogens is 4. The molecule has 156 valence electrons. The zero-order valence-corrected chi connectivity index (χ0v) is 22.7. The molecule has 6 unspecified atom stereocenters. The molecule has 15 nitrogen and oxygen atoms in total. The molecule has 1 saturated heterocycles. The molecule has 6 atom stereocenters. The van der Waals surface area contributed by atoms with Crippen molar-refractivity contribution in [1.29, 1.82) is 0 Å². The second-order valence-electron chi connectivity index (χ2n) is 5.49. The number of halogens is 1. The molecule has 0 amide bonds. The Hall–Kier alpha value is 0.970. The molecular formula is C10H11BrN4Na2O11P2. The molecule has 0 aliphatic carbocycles. The van der Waals surface area contributed by atoms with Gasteiger partial charge in [0.25, 0.3) is 21.2 Å². The third-order valence-corrected chi connectivity index (χ3v) is 6.28. The van der Waals surface area contributed by atoms with Gasteiger partial charge < -0.3 is 39.1 Å². The number of aliphatic hydroxyl groups is 2. The van der Waals surface area contributed by atoms with E-state index in [9.17, 15) is 33.9 Å². The first-order valence-corrected chi connectivity index (χ1v) is 11.0. The minimum absolute atomic E-state index is 0. The number of hydrogen-bond donors (Lipinski definition) is 4. The van der Waals surface area contributed by atoms with Crippen molar-refractivity contribution in [3.8, 4) is 0 Å². The second-order valence-corrected chi connectivity index (χ2v) is 8.95. The van der Waals surface area contributed by atoms with Gasteiger partial charge in [-0.3, -0.25) is 18.5 Å². The van der Waals surface area contributed by atoms with Gasteiger partial charge in [-0.05, 0) is 15.9 Å². The van der Waals surface area contributed by atoms with Crippen LogP contribution in [0.4, 0.5) is 0 Å². The van der Waals surface area contributed by atoms with Crippen molar-refractivity contribution in [3.63, 3.8) is 0 Å². The van der Waals surface area contributed by atoms with Gasteiger partial charge in [-0.1, -0.05) is 0 Å². The van der Waals surface area contributed by atoms with Gasteiger partial charge in [-0.2, -0.15) is 0 Å². The predicted octanol–water partition coefficient (Wildman–Crippen LogP) is -8.53. The number of H-pyrrole nitrogens is 1. The molecule has 0 aromatic carbocycles. The molecule has 30 heavy (non-hydrogen) atoms. The van der Waals surface area contributed by atoms with Crippen molar-refractivity contribution in [2.75, 3.05) is 6.61 Å². The van der Waals surface area contributed by atoms with E-state index >= 15 is 0 Å². The molecule has 0 saturated carbocycles. The van der Waals surface area contributed by atoms with Crippen LogP contribution < -0.4 is 74.5 Å². The standard InChI is InChI=1S/C10H13BrN4O11P2.2Na/c11-10-14-4-7(12-2-13-8(4)18)15(10)9-6(17)5(16)3(25-9)1-24-28(22,23)26-27(19,20)21;;/h2-3,5-6,9,16-17H,1H2,(H,22,23)(H,12,13,18)(H2,19,20,21);;/q;2*+1/p-2. The third-order valence-electron chi connectivity index (χ3n) is 3.63. The number of hydrogen-bond acceptors (Lipinski definition) is 12. The summed E-state index contributed by atoms with van der Waals surface area (Å²) in [5, 5.41) is 20.3. The zero-order valence-electron chi connectivity index (χ0n) is 15.3. The fraction of sp³-hybridized carbons (Fsp3) is 0.500. The van der Waals surface area contributed by atoms with E-state index in [0.29, 0.717) is 0 Å². The Bertz CT molecular complexity index is 1050. The topological polar surface area (TPSA) is 232 Å². The molecule has 20 heteroatoms. The van der Waals surface area contributed by atoms with E-state index in [1.807, 2.05) is 0 Å². The summed E-state index contributed by atoms with van der Waals surface area (Å²) in [5.74, 6) is 0. The molecule has 0 spiro atoms. The first kappa shape index (κ1) is 29.0. The van der Waals surface area contributed by atoms with E-state index in [4.69, 9.17) is 9.63 Å². The Morgan fingerprint density at radius 2 is 1.93 bits per heavy atom. The Balaban J connectivity index is 0.00000225. The smallest absolute Gasteiger partial charge is 0.756 e. The quantitative estimate of drug-likeness (QED) is 0.149. The van der Waals surface area contributed by atoms with Gasteiger partial charge in [0, 0.05) is 0 Å². The molecule has 3 rings (SSSR count). The SMILES string of the molecule is O=c1[nH]cnc2c1nc(Br)n2C1OC(COP(=O)([O-])OP(=O)([O-])O)C(O)C1O.[Na+].[Na+]. The Labute approximate surface area is 219 Å². The van der Waals surface area contributed by atoms with E-state index in [1.54, 1.807) is 0 Å². The van der Waals surface area contributed by atoms with Crippen molar-refractivity contribution in [2.45, 2.75) is 24.5 Å². The average molecular weight is 551 g/mol. The molecule has 4 N–H and O–H groups in total. The van der Waals surface area contributed by atoms with Crippen molar-refractivity contribution >= 4 is 42.7 Å². The summed E-state index contributed by atoms with van der Waals surface area (Å²) >= 11 is 3.07. The van der Waals surface area contributed by atoms with Crippen LogP contribution in [0.1, 0.15) is 6.23 Å². The fourth-order valence-electron chi connectivity index (χ4n) is 2.51. The average Bonchev–Trinajstić information content (AvgIpc) is 3.02.